The average Bonchev–Trinajstić information content (AvgIpc) is 1.35. The Morgan fingerprint density at radius 3 is 2.17 bits per heavy atom. The van der Waals surface area contributed by atoms with E-state index < -0.39 is 11.1 Å². The van der Waals surface area contributed by atoms with Crippen LogP contribution in [0.15, 0.2) is 0 Å². The molecule has 1 atom stereocenters. The van der Waals surface area contributed by atoms with Gasteiger partial charge in [0.15, 0.2) is 11.1 Å². The number of hydrogen-bond acceptors (Lipinski definition) is 3. The van der Waals surface area contributed by atoms with Crippen LogP contribution in [0.4, 0.5) is 0 Å². The maximum atomic E-state index is 9.61. The van der Waals surface area contributed by atoms with Gasteiger partial charge in [0.2, 0.25) is 0 Å². The van der Waals surface area contributed by atoms with Gasteiger partial charge in [-0.1, -0.05) is 4.33 Å². The molecule has 0 aromatic rings. The van der Waals surface area contributed by atoms with Crippen LogP contribution < -0.4 is 0 Å². The van der Waals surface area contributed by atoms with Crippen molar-refractivity contribution in [3.8, 4) is 0 Å². The Morgan fingerprint density at radius 1 is 1.67 bits per heavy atom. The summed E-state index contributed by atoms with van der Waals surface area (Å²) in [6.45, 7) is 0. The van der Waals surface area contributed by atoms with E-state index in [2.05, 4.69) is 9.37 Å². The van der Waals surface area contributed by atoms with Crippen LogP contribution in [0, 0.1) is 0 Å². The fraction of sp³-hybridized carbons (Fsp3) is 1.00. The molecule has 1 radical (unpaired) electrons. The summed E-state index contributed by atoms with van der Waals surface area (Å²) in [5.41, 5.74) is 0. The van der Waals surface area contributed by atoms with Gasteiger partial charge in [-0.15, -0.1) is 0 Å². The fourth-order valence-corrected chi connectivity index (χ4v) is 0.117. The second-order valence-corrected chi connectivity index (χ2v) is 1.48. The van der Waals surface area contributed by atoms with Crippen molar-refractivity contribution < 1.29 is 18.8 Å². The molecule has 0 N–H and O–H groups in total. The van der Waals surface area contributed by atoms with Crippen LogP contribution in [0.25, 0.3) is 0 Å². The van der Waals surface area contributed by atoms with Crippen molar-refractivity contribution in [2.75, 3.05) is 6.26 Å². The molecule has 0 aliphatic carbocycles. The van der Waals surface area contributed by atoms with Crippen molar-refractivity contribution in [1.29, 1.82) is 0 Å². The minimum absolute atomic E-state index is 1.18. The molecule has 0 heterocycles. The van der Waals surface area contributed by atoms with Crippen LogP contribution in [0.5, 0.6) is 0 Å². The predicted octanol–water partition coefficient (Wildman–Crippen LogP) is -0.426. The third kappa shape index (κ3) is 4.03. The first-order valence-corrected chi connectivity index (χ1v) is 2.56. The van der Waals surface area contributed by atoms with Gasteiger partial charge < -0.3 is 0 Å². The summed E-state index contributed by atoms with van der Waals surface area (Å²) in [5.74, 6) is 0. The standard InChI is InChI=1S/CH3O4S/c1-6(3)5-4-2/h1H3. The van der Waals surface area contributed by atoms with E-state index >= 15 is 0 Å². The van der Waals surface area contributed by atoms with E-state index in [4.69, 9.17) is 5.26 Å². The molecular formula is CH3O4S. The Morgan fingerprint density at radius 2 is 2.17 bits per heavy atom. The second-order valence-electron chi connectivity index (χ2n) is 0.537. The zero-order chi connectivity index (χ0) is 4.99. The van der Waals surface area contributed by atoms with E-state index in [1.54, 1.807) is 0 Å². The third-order valence-electron chi connectivity index (χ3n) is 0.124. The lowest BCUT2D eigenvalue weighted by Crippen LogP contribution is -1.89. The maximum absolute atomic E-state index is 9.61. The molecule has 0 saturated carbocycles. The highest BCUT2D eigenvalue weighted by molar-refractivity contribution is 7.79. The van der Waals surface area contributed by atoms with Gasteiger partial charge in [-0.2, -0.15) is 0 Å². The molecule has 0 aromatic heterocycles. The maximum Gasteiger partial charge on any atom is 0.187 e. The van der Waals surface area contributed by atoms with Crippen LogP contribution in [0.3, 0.4) is 0 Å². The van der Waals surface area contributed by atoms with Gasteiger partial charge in [-0.3, -0.25) is 0 Å². The summed E-state index contributed by atoms with van der Waals surface area (Å²) in [5, 5.41) is 11.6. The summed E-state index contributed by atoms with van der Waals surface area (Å²) >= 11 is -1.60. The van der Waals surface area contributed by atoms with E-state index in [1.165, 1.54) is 6.26 Å². The number of rotatable bonds is 2. The molecule has 4 nitrogen and oxygen atoms in total. The minimum atomic E-state index is -1.60. The fourth-order valence-electron chi connectivity index (χ4n) is 0.0391. The van der Waals surface area contributed by atoms with Gasteiger partial charge in [0.05, 0.1) is 0 Å². The molecule has 37 valence electrons. The van der Waals surface area contributed by atoms with Crippen LogP contribution in [-0.2, 0) is 25.7 Å². The van der Waals surface area contributed by atoms with E-state index in [9.17, 15) is 4.21 Å². The molecular weight excluding hydrogens is 108 g/mol. The van der Waals surface area contributed by atoms with Crippen LogP contribution in [0.1, 0.15) is 0 Å². The lowest BCUT2D eigenvalue weighted by molar-refractivity contribution is -0.477. The highest BCUT2D eigenvalue weighted by Crippen LogP contribution is 1.74. The SMILES string of the molecule is CS(=O)OO[O]. The van der Waals surface area contributed by atoms with Gasteiger partial charge >= 0.3 is 0 Å². The highest BCUT2D eigenvalue weighted by atomic mass is 32.2. The van der Waals surface area contributed by atoms with Gasteiger partial charge in [0.25, 0.3) is 0 Å². The number of hydrogen-bond donors (Lipinski definition) is 0. The molecule has 0 rings (SSSR count). The minimum Gasteiger partial charge on any atom is -0.227 e. The normalized spacial score (nSPS) is 14.3. The predicted molar refractivity (Wildman–Crippen MR) is 16.9 cm³/mol. The molecule has 5 heteroatoms. The Labute approximate surface area is 37.2 Å². The lowest BCUT2D eigenvalue weighted by Gasteiger charge is -1.80. The van der Waals surface area contributed by atoms with E-state index in [0.29, 0.717) is 0 Å². The molecule has 1 unspecified atom stereocenters. The van der Waals surface area contributed by atoms with Crippen LogP contribution in [0.2, 0.25) is 0 Å². The molecule has 0 amide bonds. The van der Waals surface area contributed by atoms with Crippen molar-refractivity contribution in [3.63, 3.8) is 0 Å². The molecule has 0 bridgehead atoms. The topological polar surface area (TPSA) is 55.4 Å². The zero-order valence-corrected chi connectivity index (χ0v) is 3.86. The Kier molecular flexibility index (Phi) is 3.24. The lowest BCUT2D eigenvalue weighted by atomic mass is 12.0. The molecule has 6 heavy (non-hydrogen) atoms. The third-order valence-corrected chi connectivity index (χ3v) is 0.371. The van der Waals surface area contributed by atoms with E-state index in [1.807, 2.05) is 0 Å². The summed E-state index contributed by atoms with van der Waals surface area (Å²) in [6.07, 6.45) is 1.18. The van der Waals surface area contributed by atoms with Gasteiger partial charge in [-0.25, -0.2) is 4.21 Å². The monoisotopic (exact) mass is 111 g/mol. The van der Waals surface area contributed by atoms with Crippen molar-refractivity contribution in [2.45, 2.75) is 0 Å². The highest BCUT2D eigenvalue weighted by Gasteiger charge is 1.84. The largest absolute Gasteiger partial charge is 0.227 e. The van der Waals surface area contributed by atoms with E-state index in [-0.39, 0.29) is 0 Å². The molecule has 0 spiro atoms. The smallest absolute Gasteiger partial charge is 0.187 e. The van der Waals surface area contributed by atoms with Crippen molar-refractivity contribution in [1.82, 2.24) is 0 Å². The van der Waals surface area contributed by atoms with Crippen molar-refractivity contribution in [2.24, 2.45) is 0 Å². The van der Waals surface area contributed by atoms with Crippen LogP contribution in [-0.4, -0.2) is 10.5 Å². The first-order valence-electron chi connectivity index (χ1n) is 1.07. The Hall–Kier alpha value is 0.0300. The van der Waals surface area contributed by atoms with Gasteiger partial charge in [0.1, 0.15) is 0 Å². The zero-order valence-electron chi connectivity index (χ0n) is 3.04. The summed E-state index contributed by atoms with van der Waals surface area (Å²) in [4.78, 5) is 0. The summed E-state index contributed by atoms with van der Waals surface area (Å²) < 4.78 is 13.1. The Bertz CT molecular complexity index is 51.5. The van der Waals surface area contributed by atoms with E-state index in [0.717, 1.165) is 0 Å². The van der Waals surface area contributed by atoms with Crippen molar-refractivity contribution >= 4 is 11.1 Å². The Balaban J connectivity index is 2.83. The molecule has 0 saturated heterocycles. The second kappa shape index (κ2) is 3.23. The van der Waals surface area contributed by atoms with Crippen molar-refractivity contribution in [3.05, 3.63) is 0 Å². The van der Waals surface area contributed by atoms with Crippen LogP contribution >= 0.6 is 0 Å². The molecule has 0 fully saturated rings. The average molecular weight is 111 g/mol. The first kappa shape index (κ1) is 6.03. The van der Waals surface area contributed by atoms with Gasteiger partial charge in [-0.05, 0) is 10.3 Å². The molecule has 0 aliphatic heterocycles. The first-order chi connectivity index (χ1) is 2.77. The summed E-state index contributed by atoms with van der Waals surface area (Å²) in [7, 11) is 0. The molecule has 0 aromatic carbocycles. The quantitative estimate of drug-likeness (QED) is 0.359. The summed E-state index contributed by atoms with van der Waals surface area (Å²) in [6, 6.07) is 0. The molecule has 0 aliphatic rings. The van der Waals surface area contributed by atoms with Gasteiger partial charge in [0, 0.05) is 6.26 Å².